The van der Waals surface area contributed by atoms with Crippen molar-refractivity contribution in [1.82, 2.24) is 0 Å². The summed E-state index contributed by atoms with van der Waals surface area (Å²) in [4.78, 5) is 0. The van der Waals surface area contributed by atoms with E-state index in [0.29, 0.717) is 26.1 Å². The van der Waals surface area contributed by atoms with E-state index in [4.69, 9.17) is 23.7 Å². The molecule has 5 heteroatoms. The highest BCUT2D eigenvalue weighted by atomic mass is 16.7. The molecule has 5 nitrogen and oxygen atoms in total. The first kappa shape index (κ1) is 13.0. The number of benzene rings is 2. The van der Waals surface area contributed by atoms with Crippen molar-refractivity contribution in [1.29, 1.82) is 0 Å². The van der Waals surface area contributed by atoms with Crippen LogP contribution in [-0.2, 0) is 24.2 Å². The van der Waals surface area contributed by atoms with E-state index in [1.165, 1.54) is 16.7 Å². The Hall–Kier alpha value is -2.40. The number of rotatable bonds is 0. The molecule has 0 spiro atoms. The Labute approximate surface area is 139 Å². The Morgan fingerprint density at radius 2 is 1.54 bits per heavy atom. The van der Waals surface area contributed by atoms with Gasteiger partial charge >= 0.3 is 0 Å². The molecule has 3 heterocycles. The van der Waals surface area contributed by atoms with E-state index < -0.39 is 0 Å². The summed E-state index contributed by atoms with van der Waals surface area (Å²) in [6.07, 6.45) is 2.05. The van der Waals surface area contributed by atoms with Crippen molar-refractivity contribution < 1.29 is 23.7 Å². The number of ether oxygens (including phenoxy) is 5. The first-order chi connectivity index (χ1) is 11.9. The zero-order chi connectivity index (χ0) is 15.7. The second-order valence-corrected chi connectivity index (χ2v) is 6.71. The van der Waals surface area contributed by atoms with Crippen molar-refractivity contribution in [2.45, 2.75) is 31.5 Å². The molecule has 0 saturated carbocycles. The third kappa shape index (κ3) is 1.68. The normalized spacial score (nSPS) is 25.0. The smallest absolute Gasteiger partial charge is 0.231 e. The standard InChI is InChI=1S/C19H16O5/c1-2-15-19(24-9-21-15)14-7-20-16-4-11-6-18-17(22-8-23-18)5-10(11)3-13(16)12(1)14/h1-2,5-6,13,16H,3-4,7-9H2/t13-,16-/m0/s1. The second-order valence-electron chi connectivity index (χ2n) is 6.71. The third-order valence-electron chi connectivity index (χ3n) is 5.52. The summed E-state index contributed by atoms with van der Waals surface area (Å²) in [5, 5.41) is 0. The first-order valence-electron chi connectivity index (χ1n) is 8.31. The predicted octanol–water partition coefficient (Wildman–Crippen LogP) is 2.93. The molecule has 0 unspecified atom stereocenters. The number of hydrogen-bond acceptors (Lipinski definition) is 5. The minimum atomic E-state index is 0.200. The molecule has 1 aliphatic carbocycles. The van der Waals surface area contributed by atoms with Gasteiger partial charge in [0.15, 0.2) is 23.0 Å². The Kier molecular flexibility index (Phi) is 2.47. The van der Waals surface area contributed by atoms with E-state index in [2.05, 4.69) is 18.2 Å². The zero-order valence-electron chi connectivity index (χ0n) is 13.0. The minimum Gasteiger partial charge on any atom is -0.454 e. The van der Waals surface area contributed by atoms with Crippen molar-refractivity contribution in [3.8, 4) is 23.0 Å². The highest BCUT2D eigenvalue weighted by Gasteiger charge is 2.38. The first-order valence-corrected chi connectivity index (χ1v) is 8.31. The highest BCUT2D eigenvalue weighted by molar-refractivity contribution is 5.56. The lowest BCUT2D eigenvalue weighted by molar-refractivity contribution is 0.00269. The van der Waals surface area contributed by atoms with Crippen LogP contribution in [0.25, 0.3) is 0 Å². The van der Waals surface area contributed by atoms with Gasteiger partial charge in [-0.1, -0.05) is 6.07 Å². The van der Waals surface area contributed by atoms with E-state index in [9.17, 15) is 0 Å². The SMILES string of the molecule is c1c2c(cc3c1OCO3)C[C@H]1c3ccc4c(c3CO[C@H]1C2)OCO4. The van der Waals surface area contributed by atoms with Crippen molar-refractivity contribution in [2.75, 3.05) is 13.6 Å². The highest BCUT2D eigenvalue weighted by Crippen LogP contribution is 2.48. The topological polar surface area (TPSA) is 46.2 Å². The summed E-state index contributed by atoms with van der Waals surface area (Å²) >= 11 is 0. The van der Waals surface area contributed by atoms with Crippen LogP contribution < -0.4 is 18.9 Å². The number of hydrogen-bond donors (Lipinski definition) is 0. The Morgan fingerprint density at radius 3 is 2.42 bits per heavy atom. The quantitative estimate of drug-likeness (QED) is 0.746. The summed E-state index contributed by atoms with van der Waals surface area (Å²) in [6, 6.07) is 8.46. The maximum absolute atomic E-state index is 6.20. The van der Waals surface area contributed by atoms with Crippen LogP contribution in [-0.4, -0.2) is 19.7 Å². The van der Waals surface area contributed by atoms with Gasteiger partial charge in [0.2, 0.25) is 13.6 Å². The van der Waals surface area contributed by atoms with Crippen molar-refractivity contribution >= 4 is 0 Å². The fourth-order valence-corrected chi connectivity index (χ4v) is 4.35. The molecule has 0 bridgehead atoms. The Balaban J connectivity index is 1.44. The van der Waals surface area contributed by atoms with Gasteiger partial charge in [0, 0.05) is 11.5 Å². The van der Waals surface area contributed by atoms with Crippen LogP contribution in [0.3, 0.4) is 0 Å². The van der Waals surface area contributed by atoms with Crippen LogP contribution in [0.15, 0.2) is 24.3 Å². The molecule has 4 aliphatic rings. The fourth-order valence-electron chi connectivity index (χ4n) is 4.35. The van der Waals surface area contributed by atoms with Crippen LogP contribution in [0.5, 0.6) is 23.0 Å². The molecule has 0 saturated heterocycles. The Morgan fingerprint density at radius 1 is 0.792 bits per heavy atom. The molecule has 0 amide bonds. The summed E-state index contributed by atoms with van der Waals surface area (Å²) in [6.45, 7) is 1.20. The molecule has 2 aromatic carbocycles. The van der Waals surface area contributed by atoms with Crippen LogP contribution in [0, 0.1) is 0 Å². The molecule has 122 valence electrons. The maximum atomic E-state index is 6.20. The zero-order valence-corrected chi connectivity index (χ0v) is 13.0. The molecule has 0 aromatic heterocycles. The molecule has 0 radical (unpaired) electrons. The van der Waals surface area contributed by atoms with E-state index in [0.717, 1.165) is 41.4 Å². The second kappa shape index (κ2) is 4.57. The minimum absolute atomic E-state index is 0.200. The molecule has 24 heavy (non-hydrogen) atoms. The van der Waals surface area contributed by atoms with Gasteiger partial charge in [0.25, 0.3) is 0 Å². The van der Waals surface area contributed by atoms with Gasteiger partial charge in [-0.25, -0.2) is 0 Å². The summed E-state index contributed by atoms with van der Waals surface area (Å²) < 4.78 is 28.4. The van der Waals surface area contributed by atoms with Gasteiger partial charge in [0.1, 0.15) is 0 Å². The van der Waals surface area contributed by atoms with Crippen LogP contribution in [0.1, 0.15) is 28.2 Å². The average molecular weight is 324 g/mol. The van der Waals surface area contributed by atoms with Gasteiger partial charge in [-0.05, 0) is 47.7 Å². The summed E-state index contributed by atoms with van der Waals surface area (Å²) in [7, 11) is 0. The fraction of sp³-hybridized carbons (Fsp3) is 0.368. The van der Waals surface area contributed by atoms with E-state index >= 15 is 0 Å². The average Bonchev–Trinajstić information content (AvgIpc) is 3.26. The maximum Gasteiger partial charge on any atom is 0.231 e. The van der Waals surface area contributed by atoms with Gasteiger partial charge in [0.05, 0.1) is 12.7 Å². The van der Waals surface area contributed by atoms with E-state index in [-0.39, 0.29) is 6.10 Å². The summed E-state index contributed by atoms with van der Waals surface area (Å²) in [5.74, 6) is 3.75. The molecule has 0 N–H and O–H groups in total. The molecule has 3 aliphatic heterocycles. The lowest BCUT2D eigenvalue weighted by Gasteiger charge is -2.38. The third-order valence-corrected chi connectivity index (χ3v) is 5.52. The van der Waals surface area contributed by atoms with Gasteiger partial charge in [-0.3, -0.25) is 0 Å². The van der Waals surface area contributed by atoms with E-state index in [1.807, 2.05) is 6.07 Å². The van der Waals surface area contributed by atoms with Gasteiger partial charge < -0.3 is 23.7 Å². The van der Waals surface area contributed by atoms with Crippen LogP contribution >= 0.6 is 0 Å². The molecule has 2 atom stereocenters. The number of fused-ring (bicyclic) bond motifs is 7. The monoisotopic (exact) mass is 324 g/mol. The van der Waals surface area contributed by atoms with E-state index in [1.54, 1.807) is 0 Å². The molecular formula is C19H16O5. The Bertz CT molecular complexity index is 859. The molecule has 2 aromatic rings. The van der Waals surface area contributed by atoms with Crippen LogP contribution in [0.2, 0.25) is 0 Å². The molecule has 0 fully saturated rings. The van der Waals surface area contributed by atoms with Crippen molar-refractivity contribution in [3.63, 3.8) is 0 Å². The molecular weight excluding hydrogens is 308 g/mol. The van der Waals surface area contributed by atoms with Gasteiger partial charge in [-0.15, -0.1) is 0 Å². The van der Waals surface area contributed by atoms with Crippen LogP contribution in [0.4, 0.5) is 0 Å². The lowest BCUT2D eigenvalue weighted by atomic mass is 9.75. The predicted molar refractivity (Wildman–Crippen MR) is 83.9 cm³/mol. The summed E-state index contributed by atoms with van der Waals surface area (Å²) in [5.41, 5.74) is 5.12. The van der Waals surface area contributed by atoms with Crippen molar-refractivity contribution in [2.24, 2.45) is 0 Å². The lowest BCUT2D eigenvalue weighted by Crippen LogP contribution is -2.35. The van der Waals surface area contributed by atoms with Gasteiger partial charge in [-0.2, -0.15) is 0 Å². The van der Waals surface area contributed by atoms with Crippen molar-refractivity contribution in [3.05, 3.63) is 46.5 Å². The molecule has 6 rings (SSSR count). The largest absolute Gasteiger partial charge is 0.454 e.